The van der Waals surface area contributed by atoms with Gasteiger partial charge in [0.1, 0.15) is 11.6 Å². The van der Waals surface area contributed by atoms with Crippen molar-refractivity contribution in [3.8, 4) is 0 Å². The monoisotopic (exact) mass is 310 g/mol. The molecule has 0 radical (unpaired) electrons. The predicted octanol–water partition coefficient (Wildman–Crippen LogP) is 2.98. The molecule has 0 atom stereocenters. The lowest BCUT2D eigenvalue weighted by Gasteiger charge is -2.40. The Labute approximate surface area is 131 Å². The lowest BCUT2D eigenvalue weighted by Crippen LogP contribution is -2.42. The molecule has 3 N–H and O–H groups in total. The maximum absolute atomic E-state index is 10.7. The molecule has 118 valence electrons. The Morgan fingerprint density at radius 3 is 2.38 bits per heavy atom. The average Bonchev–Trinajstić information content (AvgIpc) is 2.48. The van der Waals surface area contributed by atoms with E-state index in [0.717, 1.165) is 42.5 Å². The molecule has 0 aliphatic heterocycles. The summed E-state index contributed by atoms with van der Waals surface area (Å²) in [6.07, 6.45) is 5.76. The highest BCUT2D eigenvalue weighted by molar-refractivity contribution is 7.98. The van der Waals surface area contributed by atoms with Gasteiger partial charge >= 0.3 is 0 Å². The van der Waals surface area contributed by atoms with Crippen molar-refractivity contribution in [1.29, 1.82) is 0 Å². The van der Waals surface area contributed by atoms with Gasteiger partial charge in [-0.2, -0.15) is 0 Å². The lowest BCUT2D eigenvalue weighted by atomic mass is 9.71. The van der Waals surface area contributed by atoms with Crippen molar-refractivity contribution in [1.82, 2.24) is 9.97 Å². The highest BCUT2D eigenvalue weighted by atomic mass is 32.2. The fourth-order valence-electron chi connectivity index (χ4n) is 2.56. The minimum atomic E-state index is -0.625. The molecule has 1 fully saturated rings. The Morgan fingerprint density at radius 1 is 1.19 bits per heavy atom. The lowest BCUT2D eigenvalue weighted by molar-refractivity contribution is -0.0146. The number of aromatic nitrogens is 2. The smallest absolute Gasteiger partial charge is 0.191 e. The van der Waals surface area contributed by atoms with Crippen LogP contribution in [0.2, 0.25) is 0 Å². The molecule has 1 heterocycles. The quantitative estimate of drug-likeness (QED) is 0.574. The van der Waals surface area contributed by atoms with E-state index in [1.807, 2.05) is 19.4 Å². The van der Waals surface area contributed by atoms with E-state index in [1.54, 1.807) is 0 Å². The molecule has 1 aliphatic carbocycles. The van der Waals surface area contributed by atoms with Gasteiger partial charge in [-0.1, -0.05) is 25.6 Å². The normalized spacial score (nSPS) is 20.0. The number of nitrogens with one attached hydrogen (secondary N) is 2. The van der Waals surface area contributed by atoms with Crippen molar-refractivity contribution in [2.45, 2.75) is 50.3 Å². The van der Waals surface area contributed by atoms with Crippen LogP contribution in [0, 0.1) is 5.41 Å². The van der Waals surface area contributed by atoms with Crippen LogP contribution >= 0.6 is 11.8 Å². The highest BCUT2D eigenvalue weighted by Crippen LogP contribution is 2.40. The first-order chi connectivity index (χ1) is 9.86. The van der Waals surface area contributed by atoms with E-state index < -0.39 is 5.60 Å². The predicted molar refractivity (Wildman–Crippen MR) is 89.0 cm³/mol. The van der Waals surface area contributed by atoms with Gasteiger partial charge in [0.2, 0.25) is 0 Å². The van der Waals surface area contributed by atoms with Crippen molar-refractivity contribution >= 4 is 23.4 Å². The number of nitrogens with zero attached hydrogens (tertiary/aromatic N) is 2. The van der Waals surface area contributed by atoms with Gasteiger partial charge in [0.15, 0.2) is 5.16 Å². The van der Waals surface area contributed by atoms with Crippen LogP contribution in [0.3, 0.4) is 0 Å². The van der Waals surface area contributed by atoms with Crippen LogP contribution in [0.5, 0.6) is 0 Å². The molecule has 1 aromatic rings. The molecule has 0 saturated heterocycles. The van der Waals surface area contributed by atoms with E-state index in [1.165, 1.54) is 11.8 Å². The van der Waals surface area contributed by atoms with Crippen LogP contribution in [0.1, 0.15) is 39.5 Å². The van der Waals surface area contributed by atoms with Crippen molar-refractivity contribution in [3.05, 3.63) is 6.07 Å². The molecule has 0 amide bonds. The first kappa shape index (κ1) is 16.4. The highest BCUT2D eigenvalue weighted by Gasteiger charge is 2.36. The van der Waals surface area contributed by atoms with Gasteiger partial charge < -0.3 is 15.7 Å². The zero-order chi connectivity index (χ0) is 15.5. The minimum absolute atomic E-state index is 0.354. The van der Waals surface area contributed by atoms with Gasteiger partial charge in [-0.15, -0.1) is 0 Å². The molecule has 2 rings (SSSR count). The number of hydrogen-bond donors (Lipinski definition) is 3. The summed E-state index contributed by atoms with van der Waals surface area (Å²) in [4.78, 5) is 8.77. The van der Waals surface area contributed by atoms with Gasteiger partial charge in [-0.25, -0.2) is 9.97 Å². The molecule has 1 aromatic heterocycles. The van der Waals surface area contributed by atoms with Gasteiger partial charge in [0.05, 0.1) is 5.60 Å². The number of aliphatic hydroxyl groups is 1. The summed E-state index contributed by atoms with van der Waals surface area (Å²) in [6.45, 7) is 5.08. The summed E-state index contributed by atoms with van der Waals surface area (Å²) in [5.41, 5.74) is -0.272. The second-order valence-electron chi connectivity index (χ2n) is 6.62. The fraction of sp³-hybridized carbons (Fsp3) is 0.733. The largest absolute Gasteiger partial charge is 0.388 e. The number of rotatable bonds is 5. The third-order valence-corrected chi connectivity index (χ3v) is 4.82. The second-order valence-corrected chi connectivity index (χ2v) is 7.39. The Hall–Kier alpha value is -1.01. The topological polar surface area (TPSA) is 70.1 Å². The zero-order valence-corrected chi connectivity index (χ0v) is 14.2. The van der Waals surface area contributed by atoms with Crippen molar-refractivity contribution in [3.63, 3.8) is 0 Å². The molecule has 0 bridgehead atoms. The maximum Gasteiger partial charge on any atom is 0.191 e. The van der Waals surface area contributed by atoms with Crippen LogP contribution in [-0.4, -0.2) is 40.5 Å². The van der Waals surface area contributed by atoms with Gasteiger partial charge in [0.25, 0.3) is 0 Å². The van der Waals surface area contributed by atoms with Crippen molar-refractivity contribution < 1.29 is 5.11 Å². The molecule has 1 aliphatic rings. The van der Waals surface area contributed by atoms with E-state index in [0.29, 0.717) is 12.0 Å². The van der Waals surface area contributed by atoms with Crippen molar-refractivity contribution in [2.24, 2.45) is 5.41 Å². The first-order valence-electron chi connectivity index (χ1n) is 7.43. The Kier molecular flexibility index (Phi) is 4.99. The van der Waals surface area contributed by atoms with E-state index in [9.17, 15) is 5.11 Å². The summed E-state index contributed by atoms with van der Waals surface area (Å²) in [5.74, 6) is 1.55. The van der Waals surface area contributed by atoms with E-state index in [2.05, 4.69) is 34.4 Å². The Morgan fingerprint density at radius 2 is 1.81 bits per heavy atom. The van der Waals surface area contributed by atoms with Gasteiger partial charge in [0, 0.05) is 19.7 Å². The van der Waals surface area contributed by atoms with E-state index >= 15 is 0 Å². The summed E-state index contributed by atoms with van der Waals surface area (Å²) in [6, 6.07) is 1.87. The van der Waals surface area contributed by atoms with Crippen LogP contribution in [0.25, 0.3) is 0 Å². The fourth-order valence-corrected chi connectivity index (χ4v) is 2.94. The molecular formula is C15H26N4OS. The van der Waals surface area contributed by atoms with Crippen molar-refractivity contribution in [2.75, 3.05) is 30.5 Å². The molecule has 0 unspecified atom stereocenters. The van der Waals surface area contributed by atoms with Crippen LogP contribution in [-0.2, 0) is 0 Å². The van der Waals surface area contributed by atoms with Gasteiger partial charge in [-0.3, -0.25) is 0 Å². The van der Waals surface area contributed by atoms with E-state index in [4.69, 9.17) is 0 Å². The van der Waals surface area contributed by atoms with Gasteiger partial charge in [-0.05, 0) is 37.4 Å². The molecule has 0 spiro atoms. The molecule has 1 saturated carbocycles. The van der Waals surface area contributed by atoms with Crippen LogP contribution in [0.15, 0.2) is 11.2 Å². The minimum Gasteiger partial charge on any atom is -0.388 e. The first-order valence-corrected chi connectivity index (χ1v) is 8.65. The Balaban J connectivity index is 1.99. The molecular weight excluding hydrogens is 284 g/mol. The van der Waals surface area contributed by atoms with E-state index in [-0.39, 0.29) is 0 Å². The van der Waals surface area contributed by atoms with Crippen LogP contribution in [0.4, 0.5) is 11.6 Å². The SMILES string of the molecule is CNc1cc(NCC2(O)CCC(C)(C)CC2)nc(SC)n1. The average molecular weight is 310 g/mol. The molecule has 0 aromatic carbocycles. The third-order valence-electron chi connectivity index (χ3n) is 4.28. The molecule has 21 heavy (non-hydrogen) atoms. The summed E-state index contributed by atoms with van der Waals surface area (Å²) in [5, 5.41) is 17.7. The summed E-state index contributed by atoms with van der Waals surface area (Å²) >= 11 is 1.51. The second kappa shape index (κ2) is 6.40. The number of hydrogen-bond acceptors (Lipinski definition) is 6. The summed E-state index contributed by atoms with van der Waals surface area (Å²) < 4.78 is 0. The number of anilines is 2. The molecule has 5 nitrogen and oxygen atoms in total. The number of thioether (sulfide) groups is 1. The molecule has 6 heteroatoms. The Bertz CT molecular complexity index is 460. The summed E-state index contributed by atoms with van der Waals surface area (Å²) in [7, 11) is 1.84. The third kappa shape index (κ3) is 4.48. The van der Waals surface area contributed by atoms with Crippen LogP contribution < -0.4 is 10.6 Å². The maximum atomic E-state index is 10.7. The zero-order valence-electron chi connectivity index (χ0n) is 13.4. The standard InChI is InChI=1S/C15H26N4OS/c1-14(2)5-7-15(20,8-6-14)10-17-12-9-11(16-3)18-13(19-12)21-4/h9,20H,5-8,10H2,1-4H3,(H2,16,17,18,19).